The number of pyridine rings is 1. The first kappa shape index (κ1) is 26.4. The number of hydrogen-bond donors (Lipinski definition) is 2. The molecule has 0 radical (unpaired) electrons. The Morgan fingerprint density at radius 3 is 2.61 bits per heavy atom. The highest BCUT2D eigenvalue weighted by Crippen LogP contribution is 2.29. The number of piperidine rings is 1. The third-order valence-corrected chi connectivity index (χ3v) is 8.14. The van der Waals surface area contributed by atoms with Crippen LogP contribution in [0.25, 0.3) is 11.1 Å². The fourth-order valence-corrected chi connectivity index (χ4v) is 5.99. The van der Waals surface area contributed by atoms with Gasteiger partial charge in [0.15, 0.2) is 11.4 Å². The van der Waals surface area contributed by atoms with Gasteiger partial charge in [0.1, 0.15) is 11.4 Å². The molecule has 4 heterocycles. The summed E-state index contributed by atoms with van der Waals surface area (Å²) in [6.45, 7) is 3.75. The van der Waals surface area contributed by atoms with Gasteiger partial charge in [-0.3, -0.25) is 14.6 Å². The number of benzene rings is 2. The Hall–Kier alpha value is -4.80. The predicted octanol–water partition coefficient (Wildman–Crippen LogP) is 3.26. The molecule has 2 N–H and O–H groups in total. The van der Waals surface area contributed by atoms with Crippen LogP contribution in [0.2, 0.25) is 0 Å². The van der Waals surface area contributed by atoms with Crippen LogP contribution >= 0.6 is 0 Å². The van der Waals surface area contributed by atoms with E-state index >= 15 is 0 Å². The fourth-order valence-electron chi connectivity index (χ4n) is 5.99. The number of hydrogen-bond acceptors (Lipinski definition) is 7. The molecule has 11 heteroatoms. The summed E-state index contributed by atoms with van der Waals surface area (Å²) in [5, 5.41) is 13.5. The molecular weight excluding hydrogens is 526 g/mol. The third-order valence-electron chi connectivity index (χ3n) is 8.14. The number of carbonyl (C=O) groups is 2. The molecule has 11 nitrogen and oxygen atoms in total. The average molecular weight is 559 g/mol. The summed E-state index contributed by atoms with van der Waals surface area (Å²) in [5.74, 6) is -0.0175. The van der Waals surface area contributed by atoms with Crippen molar-refractivity contribution in [3.8, 4) is 5.75 Å². The number of rotatable bonds is 5. The van der Waals surface area contributed by atoms with Crippen LogP contribution in [0.1, 0.15) is 39.9 Å². The molecule has 0 spiro atoms. The van der Waals surface area contributed by atoms with Gasteiger partial charge in [-0.05, 0) is 73.7 Å². The average Bonchev–Trinajstić information content (AvgIpc) is 3.15. The number of aromatic nitrogens is 2. The van der Waals surface area contributed by atoms with E-state index in [0.717, 1.165) is 46.6 Å². The Bertz CT molecular complexity index is 1730. The van der Waals surface area contributed by atoms with Gasteiger partial charge in [-0.25, -0.2) is 9.59 Å². The number of urea groups is 1. The molecule has 2 aliphatic heterocycles. The molecular formula is C30H32N5O6+. The zero-order valence-electron chi connectivity index (χ0n) is 23.2. The Morgan fingerprint density at radius 1 is 1.07 bits per heavy atom. The van der Waals surface area contributed by atoms with Crippen LogP contribution in [0, 0.1) is 6.92 Å². The number of ketones is 1. The van der Waals surface area contributed by atoms with E-state index in [1.165, 1.54) is 10.8 Å². The number of ether oxygens (including phenoxy) is 1. The second-order valence-corrected chi connectivity index (χ2v) is 10.7. The van der Waals surface area contributed by atoms with Gasteiger partial charge in [0.05, 0.1) is 18.2 Å². The molecule has 0 saturated carbocycles. The molecule has 2 aromatic heterocycles. The minimum atomic E-state index is -0.492. The van der Waals surface area contributed by atoms with Gasteiger partial charge in [0, 0.05) is 48.7 Å². The molecule has 2 aliphatic rings. The van der Waals surface area contributed by atoms with Crippen LogP contribution < -0.4 is 25.4 Å². The summed E-state index contributed by atoms with van der Waals surface area (Å²) in [6, 6.07) is 10.7. The molecule has 2 aromatic carbocycles. The van der Waals surface area contributed by atoms with Crippen LogP contribution in [0.5, 0.6) is 5.75 Å². The normalized spacial score (nSPS) is 15.9. The lowest BCUT2D eigenvalue weighted by atomic mass is 10.00. The largest absolute Gasteiger partial charge is 0.497 e. The number of carbonyl (C=O) groups excluding carboxylic acids is 2. The molecule has 4 aromatic rings. The quantitative estimate of drug-likeness (QED) is 0.219. The SMILES string of the molecule is COc1ccc2c(c1)CCN(C1CCN(c3cc(C(=O)c4cc(C)c5c(c4)oc(=O)n5C)c[n+](O)c3)CC1)C(=O)N2. The van der Waals surface area contributed by atoms with Gasteiger partial charge in [0.25, 0.3) is 0 Å². The van der Waals surface area contributed by atoms with Gasteiger partial charge in [-0.1, -0.05) is 0 Å². The van der Waals surface area contributed by atoms with Crippen molar-refractivity contribution in [3.05, 3.63) is 81.6 Å². The van der Waals surface area contributed by atoms with Crippen molar-refractivity contribution in [1.29, 1.82) is 0 Å². The maximum atomic E-state index is 13.5. The summed E-state index contributed by atoms with van der Waals surface area (Å²) in [4.78, 5) is 42.5. The highest BCUT2D eigenvalue weighted by atomic mass is 16.5. The van der Waals surface area contributed by atoms with Gasteiger partial charge < -0.3 is 24.3 Å². The van der Waals surface area contributed by atoms with E-state index in [1.807, 2.05) is 30.0 Å². The molecule has 1 fully saturated rings. The first-order chi connectivity index (χ1) is 19.7. The fraction of sp³-hybridized carbons (Fsp3) is 0.333. The van der Waals surface area contributed by atoms with Crippen molar-refractivity contribution in [2.24, 2.45) is 7.05 Å². The van der Waals surface area contributed by atoms with Crippen molar-refractivity contribution in [2.45, 2.75) is 32.2 Å². The van der Waals surface area contributed by atoms with Gasteiger partial charge in [0.2, 0.25) is 12.4 Å². The number of anilines is 2. The first-order valence-electron chi connectivity index (χ1n) is 13.6. The molecule has 0 aliphatic carbocycles. The van der Waals surface area contributed by atoms with Gasteiger partial charge in [-0.2, -0.15) is 0 Å². The summed E-state index contributed by atoms with van der Waals surface area (Å²) in [5.41, 5.74) is 4.98. The molecule has 0 atom stereocenters. The molecule has 0 bridgehead atoms. The second kappa shape index (κ2) is 10.3. The summed E-state index contributed by atoms with van der Waals surface area (Å²) in [6.07, 6.45) is 5.18. The van der Waals surface area contributed by atoms with Crippen LogP contribution in [0.3, 0.4) is 0 Å². The van der Waals surface area contributed by atoms with E-state index in [1.54, 1.807) is 38.6 Å². The Morgan fingerprint density at radius 2 is 1.85 bits per heavy atom. The van der Waals surface area contributed by atoms with Crippen LogP contribution in [-0.4, -0.2) is 59.3 Å². The lowest BCUT2D eigenvalue weighted by molar-refractivity contribution is -0.904. The maximum Gasteiger partial charge on any atom is 0.419 e. The number of oxazole rings is 1. The maximum absolute atomic E-state index is 13.5. The monoisotopic (exact) mass is 558 g/mol. The second-order valence-electron chi connectivity index (χ2n) is 10.7. The molecule has 0 unspecified atom stereocenters. The highest BCUT2D eigenvalue weighted by Gasteiger charge is 2.31. The van der Waals surface area contributed by atoms with E-state index in [4.69, 9.17) is 9.15 Å². The van der Waals surface area contributed by atoms with Gasteiger partial charge >= 0.3 is 11.8 Å². The summed E-state index contributed by atoms with van der Waals surface area (Å²) < 4.78 is 13.0. The van der Waals surface area contributed by atoms with Crippen molar-refractivity contribution in [3.63, 3.8) is 0 Å². The smallest absolute Gasteiger partial charge is 0.419 e. The standard InChI is InChI=1S/C30H31N5O6/c1-18-12-20(15-26-27(18)32(2)30(38)41-26)28(36)21-13-23(17-34(39)16-21)33-9-7-22(8-10-33)35-11-6-19-14-24(40-3)4-5-25(19)31-29(35)37/h4-5,12-17,22H,6-11H2,1-3H3,(H-,31,37,39)/p+1. The molecule has 41 heavy (non-hydrogen) atoms. The highest BCUT2D eigenvalue weighted by molar-refractivity contribution is 6.10. The lowest BCUT2D eigenvalue weighted by Gasteiger charge is -2.38. The van der Waals surface area contributed by atoms with Crippen LogP contribution in [0.4, 0.5) is 16.2 Å². The number of nitrogens with one attached hydrogen (secondary N) is 1. The molecule has 1 saturated heterocycles. The third kappa shape index (κ3) is 4.88. The predicted molar refractivity (Wildman–Crippen MR) is 151 cm³/mol. The number of methoxy groups -OCH3 is 1. The van der Waals surface area contributed by atoms with Crippen LogP contribution in [-0.2, 0) is 13.5 Å². The van der Waals surface area contributed by atoms with E-state index in [-0.39, 0.29) is 17.9 Å². The first-order valence-corrected chi connectivity index (χ1v) is 13.6. The molecule has 6 rings (SSSR count). The van der Waals surface area contributed by atoms with E-state index in [2.05, 4.69) is 10.2 Å². The zero-order valence-corrected chi connectivity index (χ0v) is 23.2. The van der Waals surface area contributed by atoms with Crippen molar-refractivity contribution in [2.75, 3.05) is 37.0 Å². The van der Waals surface area contributed by atoms with Gasteiger partial charge in [-0.15, -0.1) is 0 Å². The minimum absolute atomic E-state index is 0.0729. The minimum Gasteiger partial charge on any atom is -0.497 e. The molecule has 2 amide bonds. The van der Waals surface area contributed by atoms with E-state index in [9.17, 15) is 19.6 Å². The zero-order chi connectivity index (χ0) is 28.8. The van der Waals surface area contributed by atoms with E-state index in [0.29, 0.717) is 47.5 Å². The van der Waals surface area contributed by atoms with Crippen molar-refractivity contribution in [1.82, 2.24) is 9.47 Å². The Kier molecular flexibility index (Phi) is 6.64. The summed E-state index contributed by atoms with van der Waals surface area (Å²) >= 11 is 0. The topological polar surface area (TPSA) is 121 Å². The number of aryl methyl sites for hydroxylation is 2. The number of nitrogens with zero attached hydrogens (tertiary/aromatic N) is 4. The summed E-state index contributed by atoms with van der Waals surface area (Å²) in [7, 11) is 3.26. The lowest BCUT2D eigenvalue weighted by Crippen LogP contribution is -2.49. The molecule has 212 valence electrons. The van der Waals surface area contributed by atoms with E-state index < -0.39 is 5.76 Å². The Labute approximate surface area is 236 Å². The van der Waals surface area contributed by atoms with Crippen LogP contribution in [0.15, 0.2) is 58.0 Å². The van der Waals surface area contributed by atoms with Crippen molar-refractivity contribution < 1.29 is 28.7 Å². The number of amides is 2. The van der Waals surface area contributed by atoms with Crippen molar-refractivity contribution >= 4 is 34.3 Å². The number of fused-ring (bicyclic) bond motifs is 2. The Balaban J connectivity index is 1.17.